The zero-order valence-electron chi connectivity index (χ0n) is 27.1. The standard InChI is InChI=1S/C20H30N7O23P5/c1-8-3-26(20(32)25-18(8)31)12-2-9(28)10(45-12)4-43-52(36,37)48-53(38,39)49-54(40,41)50-55(42,47-51(33,34)35)44-5-11-14(29)15(30)19(46-11)27-7-24-13-16(21)22-6-23-17(13)27/h3,6-7,9-12,14-15,19,28-30H,2,4-5H2,1H3,(H,36,37)(H,38,39)(H,40,41)(H2,21,22,23)(H,25,31,32)(H2,33,34,35). The van der Waals surface area contributed by atoms with E-state index in [1.54, 1.807) is 0 Å². The summed E-state index contributed by atoms with van der Waals surface area (Å²) in [6, 6.07) is 0. The number of nitrogen functional groups attached to an aromatic ring is 1. The van der Waals surface area contributed by atoms with Crippen molar-refractivity contribution in [1.82, 2.24) is 29.1 Å². The number of aromatic amines is 1. The zero-order chi connectivity index (χ0) is 40.9. The van der Waals surface area contributed by atoms with Crippen molar-refractivity contribution in [3.63, 3.8) is 0 Å². The van der Waals surface area contributed by atoms with E-state index in [-0.39, 0.29) is 29.0 Å². The number of aliphatic hydroxyl groups is 3. The summed E-state index contributed by atoms with van der Waals surface area (Å²) in [6.45, 7) is -1.06. The highest BCUT2D eigenvalue weighted by atomic mass is 31.3. The topological polar surface area (TPSA) is 446 Å². The number of nitrogens with zero attached hydrogens (tertiary/aromatic N) is 5. The van der Waals surface area contributed by atoms with E-state index in [1.165, 1.54) is 6.92 Å². The highest BCUT2D eigenvalue weighted by Gasteiger charge is 2.51. The van der Waals surface area contributed by atoms with Crippen LogP contribution in [0.1, 0.15) is 24.4 Å². The average Bonchev–Trinajstić information content (AvgIpc) is 3.70. The first-order valence-corrected chi connectivity index (χ1v) is 22.1. The second kappa shape index (κ2) is 16.1. The molecule has 308 valence electrons. The molecule has 0 aliphatic carbocycles. The lowest BCUT2D eigenvalue weighted by molar-refractivity contribution is -0.0502. The second-order valence-corrected chi connectivity index (χ2v) is 19.1. The molecule has 2 fully saturated rings. The number of anilines is 1. The van der Waals surface area contributed by atoms with Gasteiger partial charge < -0.3 is 55.0 Å². The summed E-state index contributed by atoms with van der Waals surface area (Å²) in [5.74, 6) is -0.0704. The maximum Gasteiger partial charge on any atom is 0.492 e. The number of hydrogen-bond donors (Lipinski definition) is 10. The fourth-order valence-electron chi connectivity index (χ4n) is 4.95. The van der Waals surface area contributed by atoms with Crippen LogP contribution in [0.5, 0.6) is 0 Å². The summed E-state index contributed by atoms with van der Waals surface area (Å²) in [5, 5.41) is 31.3. The molecule has 11 N–H and O–H groups in total. The Morgan fingerprint density at radius 1 is 0.836 bits per heavy atom. The number of imidazole rings is 1. The van der Waals surface area contributed by atoms with Crippen LogP contribution >= 0.6 is 39.1 Å². The maximum atomic E-state index is 13.1. The Balaban J connectivity index is 1.21. The highest BCUT2D eigenvalue weighted by Crippen LogP contribution is 2.74. The van der Waals surface area contributed by atoms with Crippen molar-refractivity contribution in [2.45, 2.75) is 56.3 Å². The molecule has 0 radical (unpaired) electrons. The number of ether oxygens (including phenoxy) is 2. The van der Waals surface area contributed by atoms with Gasteiger partial charge in [0.2, 0.25) is 0 Å². The quantitative estimate of drug-likeness (QED) is 0.0705. The van der Waals surface area contributed by atoms with Crippen LogP contribution in [0.4, 0.5) is 5.82 Å². The van der Waals surface area contributed by atoms with Gasteiger partial charge >= 0.3 is 44.8 Å². The number of aliphatic hydroxyl groups excluding tert-OH is 3. The fraction of sp³-hybridized carbons (Fsp3) is 0.550. The van der Waals surface area contributed by atoms with Gasteiger partial charge in [-0.05, 0) is 6.92 Å². The Bertz CT molecular complexity index is 2280. The van der Waals surface area contributed by atoms with Crippen molar-refractivity contribution in [2.75, 3.05) is 18.9 Å². The van der Waals surface area contributed by atoms with Gasteiger partial charge in [0.1, 0.15) is 42.5 Å². The second-order valence-electron chi connectivity index (χ2n) is 11.3. The van der Waals surface area contributed by atoms with Crippen LogP contribution in [0.15, 0.2) is 28.4 Å². The molecule has 5 heterocycles. The highest BCUT2D eigenvalue weighted by molar-refractivity contribution is 7.71. The molecule has 0 saturated carbocycles. The van der Waals surface area contributed by atoms with Gasteiger partial charge in [0, 0.05) is 18.2 Å². The minimum atomic E-state index is -6.48. The number of phosphoric ester groups is 1. The summed E-state index contributed by atoms with van der Waals surface area (Å²) >= 11 is 0. The number of H-pyrrole nitrogens is 1. The molecule has 55 heavy (non-hydrogen) atoms. The van der Waals surface area contributed by atoms with E-state index in [1.807, 2.05) is 4.98 Å². The molecule has 0 bridgehead atoms. The molecule has 2 saturated heterocycles. The largest absolute Gasteiger partial charge is 0.492 e. The molecule has 11 atom stereocenters. The molecule has 3 aromatic rings. The lowest BCUT2D eigenvalue weighted by Crippen LogP contribution is -2.33. The summed E-state index contributed by atoms with van der Waals surface area (Å²) in [6.07, 6.45) is -8.45. The van der Waals surface area contributed by atoms with Crippen LogP contribution in [0.25, 0.3) is 11.2 Å². The molecule has 11 unspecified atom stereocenters. The molecule has 0 amide bonds. The fourth-order valence-corrected chi connectivity index (χ4v) is 11.5. The third-order valence-electron chi connectivity index (χ3n) is 7.28. The van der Waals surface area contributed by atoms with Crippen molar-refractivity contribution in [1.29, 1.82) is 0 Å². The summed E-state index contributed by atoms with van der Waals surface area (Å²) in [5.41, 5.74) is 4.23. The van der Waals surface area contributed by atoms with Crippen molar-refractivity contribution in [3.05, 3.63) is 45.3 Å². The summed E-state index contributed by atoms with van der Waals surface area (Å²) in [7, 11) is -30.9. The van der Waals surface area contributed by atoms with Gasteiger partial charge in [0.25, 0.3) is 5.56 Å². The van der Waals surface area contributed by atoms with E-state index in [0.717, 1.165) is 28.0 Å². The van der Waals surface area contributed by atoms with Crippen LogP contribution < -0.4 is 17.0 Å². The average molecular weight is 891 g/mol. The predicted molar refractivity (Wildman–Crippen MR) is 172 cm³/mol. The van der Waals surface area contributed by atoms with E-state index in [0.29, 0.717) is 0 Å². The minimum absolute atomic E-state index is 0.00445. The van der Waals surface area contributed by atoms with Crippen molar-refractivity contribution >= 4 is 56.1 Å². The van der Waals surface area contributed by atoms with E-state index >= 15 is 0 Å². The smallest absolute Gasteiger partial charge is 0.390 e. The lowest BCUT2D eigenvalue weighted by Gasteiger charge is -2.23. The van der Waals surface area contributed by atoms with Gasteiger partial charge in [-0.1, -0.05) is 0 Å². The number of fused-ring (bicyclic) bond motifs is 1. The van der Waals surface area contributed by atoms with Crippen LogP contribution in [-0.2, 0) is 58.6 Å². The monoisotopic (exact) mass is 891 g/mol. The minimum Gasteiger partial charge on any atom is -0.390 e. The van der Waals surface area contributed by atoms with Gasteiger partial charge in [-0.15, -0.1) is 0 Å². The van der Waals surface area contributed by atoms with E-state index < -0.39 is 107 Å². The molecule has 2 aliphatic rings. The number of nitrogens with one attached hydrogen (secondary N) is 1. The van der Waals surface area contributed by atoms with Gasteiger partial charge in [-0.25, -0.2) is 42.6 Å². The van der Waals surface area contributed by atoms with E-state index in [4.69, 9.17) is 15.2 Å². The number of aromatic nitrogens is 6. The zero-order valence-corrected chi connectivity index (χ0v) is 31.6. The Morgan fingerprint density at radius 2 is 1.47 bits per heavy atom. The number of phosphoric acid groups is 5. The molecule has 0 spiro atoms. The molecular formula is C20H30N7O23P5. The summed E-state index contributed by atoms with van der Waals surface area (Å²) < 4.78 is 99.5. The number of rotatable bonds is 16. The van der Waals surface area contributed by atoms with Crippen LogP contribution in [0.2, 0.25) is 0 Å². The molecule has 3 aromatic heterocycles. The van der Waals surface area contributed by atoms with Gasteiger partial charge in [-0.3, -0.25) is 28.0 Å². The van der Waals surface area contributed by atoms with Crippen LogP contribution in [-0.4, -0.2) is 113 Å². The molecule has 35 heteroatoms. The SMILES string of the molecule is Cc1cn(C2CC(O)C(COP(=O)(O)OP(=O)(O)OP(=O)(O)OP(=O)(OCC3OC(n4cnc5c(N)ncnc54)C(O)C3O)OP(=O)(O)O)O2)c(=O)[nH]c1=O. The van der Waals surface area contributed by atoms with Gasteiger partial charge in [-0.2, -0.15) is 17.2 Å². The van der Waals surface area contributed by atoms with Gasteiger partial charge in [0.05, 0.1) is 25.6 Å². The van der Waals surface area contributed by atoms with E-state index in [9.17, 15) is 72.2 Å². The molecule has 30 nitrogen and oxygen atoms in total. The van der Waals surface area contributed by atoms with Gasteiger partial charge in [0.15, 0.2) is 17.7 Å². The van der Waals surface area contributed by atoms with Crippen molar-refractivity contribution < 1.29 is 98.4 Å². The van der Waals surface area contributed by atoms with E-state index in [2.05, 4.69) is 41.2 Å². The van der Waals surface area contributed by atoms with Crippen molar-refractivity contribution in [3.8, 4) is 0 Å². The Morgan fingerprint density at radius 3 is 2.15 bits per heavy atom. The number of hydrogen-bond acceptors (Lipinski definition) is 22. The number of nitrogens with two attached hydrogens (primary N) is 1. The predicted octanol–water partition coefficient (Wildman–Crippen LogP) is -1.86. The third kappa shape index (κ3) is 10.7. The maximum absolute atomic E-state index is 13.1. The van der Waals surface area contributed by atoms with Crippen LogP contribution in [0.3, 0.4) is 0 Å². The Kier molecular flexibility index (Phi) is 12.7. The van der Waals surface area contributed by atoms with Crippen molar-refractivity contribution in [2.24, 2.45) is 0 Å². The first-order valence-electron chi connectivity index (χ1n) is 14.7. The molecule has 5 rings (SSSR count). The first kappa shape index (κ1) is 43.7. The summed E-state index contributed by atoms with van der Waals surface area (Å²) in [4.78, 5) is 85.7. The molecule has 0 aromatic carbocycles. The Labute approximate surface area is 304 Å². The Hall–Kier alpha value is -2.46. The molecule has 2 aliphatic heterocycles. The third-order valence-corrected chi connectivity index (χ3v) is 14.8. The van der Waals surface area contributed by atoms with Crippen LogP contribution in [0, 0.1) is 6.92 Å². The lowest BCUT2D eigenvalue weighted by atomic mass is 10.1. The number of aryl methyl sites for hydroxylation is 1. The normalized spacial score (nSPS) is 29.1. The molecular weight excluding hydrogens is 861 g/mol. The first-order chi connectivity index (χ1) is 25.3.